The number of carbonyl (C=O) groups excluding carboxylic acids is 1. The third-order valence-electron chi connectivity index (χ3n) is 11.1. The van der Waals surface area contributed by atoms with E-state index >= 15 is 0 Å². The molecule has 0 aliphatic heterocycles. The van der Waals surface area contributed by atoms with Crippen molar-refractivity contribution in [2.45, 2.75) is 107 Å². The Hall–Kier alpha value is -3.53. The fraction of sp³-hybridized carbons (Fsp3) is 0.409. The van der Waals surface area contributed by atoms with Crippen LogP contribution in [-0.2, 0) is 30.3 Å². The molecule has 0 spiro atoms. The second kappa shape index (κ2) is 14.4. The van der Waals surface area contributed by atoms with Crippen molar-refractivity contribution in [3.8, 4) is 11.3 Å². The second-order valence-corrected chi connectivity index (χ2v) is 15.2. The number of nitrogens with zero attached hydrogens (tertiary/aromatic N) is 1. The number of aliphatic hydroxyl groups is 1. The molecule has 1 N–H and O–H groups in total. The predicted molar refractivity (Wildman–Crippen MR) is 203 cm³/mol. The minimum Gasteiger partial charge on any atom is -0.512 e. The molecule has 2 aromatic heterocycles. The van der Waals surface area contributed by atoms with Crippen molar-refractivity contribution in [1.82, 2.24) is 4.98 Å². The van der Waals surface area contributed by atoms with E-state index in [1.54, 1.807) is 0 Å². The molecule has 0 aliphatic carbocycles. The summed E-state index contributed by atoms with van der Waals surface area (Å²) in [7, 11) is 0. The van der Waals surface area contributed by atoms with Crippen molar-refractivity contribution in [2.24, 2.45) is 10.8 Å². The molecule has 6 rings (SSSR count). The average Bonchev–Trinajstić information content (AvgIpc) is 3.49. The number of pyridine rings is 1. The molecule has 0 aliphatic rings. The Morgan fingerprint density at radius 1 is 0.816 bits per heavy atom. The van der Waals surface area contributed by atoms with Crippen LogP contribution in [0.4, 0.5) is 0 Å². The van der Waals surface area contributed by atoms with Gasteiger partial charge in [-0.2, -0.15) is 0 Å². The molecule has 0 saturated heterocycles. The Labute approximate surface area is 306 Å². The Kier molecular flexibility index (Phi) is 11.2. The van der Waals surface area contributed by atoms with Crippen LogP contribution < -0.4 is 0 Å². The summed E-state index contributed by atoms with van der Waals surface area (Å²) in [6.45, 7) is 23.2. The zero-order chi connectivity index (χ0) is 35.2. The van der Waals surface area contributed by atoms with Gasteiger partial charge in [-0.05, 0) is 61.5 Å². The maximum atomic E-state index is 12.2. The number of benzene rings is 4. The molecule has 5 heteroatoms. The largest absolute Gasteiger partial charge is 0.512 e. The van der Waals surface area contributed by atoms with E-state index in [9.17, 15) is 9.90 Å². The zero-order valence-electron chi connectivity index (χ0n) is 31.1. The van der Waals surface area contributed by atoms with Gasteiger partial charge in [0.25, 0.3) is 0 Å². The number of hydrogen-bond acceptors (Lipinski definition) is 4. The molecule has 4 aromatic carbocycles. The van der Waals surface area contributed by atoms with Gasteiger partial charge in [0.1, 0.15) is 16.9 Å². The van der Waals surface area contributed by atoms with E-state index in [0.29, 0.717) is 0 Å². The number of fused-ring (bicyclic) bond motifs is 1. The van der Waals surface area contributed by atoms with E-state index in [2.05, 4.69) is 89.2 Å². The number of furan rings is 1. The molecule has 0 bridgehead atoms. The molecule has 0 unspecified atom stereocenters. The van der Waals surface area contributed by atoms with Gasteiger partial charge >= 0.3 is 0 Å². The van der Waals surface area contributed by atoms with Gasteiger partial charge in [0.15, 0.2) is 5.78 Å². The molecule has 49 heavy (non-hydrogen) atoms. The van der Waals surface area contributed by atoms with Gasteiger partial charge in [0.2, 0.25) is 0 Å². The van der Waals surface area contributed by atoms with Crippen LogP contribution in [0.2, 0.25) is 0 Å². The first kappa shape index (κ1) is 38.3. The Morgan fingerprint density at radius 2 is 1.45 bits per heavy atom. The van der Waals surface area contributed by atoms with Gasteiger partial charge in [-0.15, -0.1) is 29.1 Å². The molecular formula is C44H52IrNO3-. The first-order valence-corrected chi connectivity index (χ1v) is 17.6. The molecule has 0 amide bonds. The Bertz CT molecular complexity index is 2140. The molecule has 2 heterocycles. The van der Waals surface area contributed by atoms with Gasteiger partial charge in [0.05, 0.1) is 0 Å². The zero-order valence-corrected chi connectivity index (χ0v) is 33.5. The molecular weight excluding hydrogens is 783 g/mol. The van der Waals surface area contributed by atoms with E-state index in [0.717, 1.165) is 64.4 Å². The van der Waals surface area contributed by atoms with Gasteiger partial charge in [-0.3, -0.25) is 9.78 Å². The SMILES string of the molecule is CCC(C)(CC)C(=O)/C=C(\O)C(C)(CC)CC.Cc1cc(C)c2oc3c(-c4[c-]c5ccccc5c(C(C)(C)C)c4)ncc4ccc1c2c43.[Ir]. The normalized spacial score (nSPS) is 12.8. The van der Waals surface area contributed by atoms with E-state index < -0.39 is 0 Å². The minimum atomic E-state index is -0.337. The van der Waals surface area contributed by atoms with Crippen LogP contribution in [0.3, 0.4) is 0 Å². The molecule has 6 aromatic rings. The third-order valence-corrected chi connectivity index (χ3v) is 11.1. The molecule has 4 nitrogen and oxygen atoms in total. The topological polar surface area (TPSA) is 63.3 Å². The van der Waals surface area contributed by atoms with Crippen LogP contribution in [-0.4, -0.2) is 15.9 Å². The summed E-state index contributed by atoms with van der Waals surface area (Å²) in [5, 5.41) is 17.2. The van der Waals surface area contributed by atoms with E-state index in [1.807, 2.05) is 47.7 Å². The summed E-state index contributed by atoms with van der Waals surface area (Å²) >= 11 is 0. The van der Waals surface area contributed by atoms with E-state index in [1.165, 1.54) is 38.7 Å². The van der Waals surface area contributed by atoms with Crippen LogP contribution in [0.5, 0.6) is 0 Å². The van der Waals surface area contributed by atoms with Crippen LogP contribution in [0.25, 0.3) is 54.7 Å². The van der Waals surface area contributed by atoms with Crippen LogP contribution >= 0.6 is 0 Å². The summed E-state index contributed by atoms with van der Waals surface area (Å²) in [6.07, 6.45) is 6.73. The smallest absolute Gasteiger partial charge is 0.164 e. The summed E-state index contributed by atoms with van der Waals surface area (Å²) < 4.78 is 6.54. The van der Waals surface area contributed by atoms with Crippen molar-refractivity contribution in [1.29, 1.82) is 0 Å². The van der Waals surface area contributed by atoms with Crippen molar-refractivity contribution in [3.63, 3.8) is 0 Å². The fourth-order valence-electron chi connectivity index (χ4n) is 6.70. The third kappa shape index (κ3) is 6.94. The average molecular weight is 835 g/mol. The van der Waals surface area contributed by atoms with Crippen molar-refractivity contribution in [3.05, 3.63) is 89.3 Å². The van der Waals surface area contributed by atoms with Gasteiger partial charge in [0, 0.05) is 65.1 Å². The molecule has 0 fully saturated rings. The van der Waals surface area contributed by atoms with Crippen molar-refractivity contribution in [2.75, 3.05) is 0 Å². The predicted octanol–water partition coefficient (Wildman–Crippen LogP) is 12.8. The maximum absolute atomic E-state index is 12.2. The fourth-order valence-corrected chi connectivity index (χ4v) is 6.70. The quantitative estimate of drug-likeness (QED) is 0.0718. The summed E-state index contributed by atoms with van der Waals surface area (Å²) in [6, 6.07) is 20.9. The van der Waals surface area contributed by atoms with Crippen LogP contribution in [0.15, 0.2) is 71.0 Å². The van der Waals surface area contributed by atoms with Gasteiger partial charge in [-0.25, -0.2) is 0 Å². The summed E-state index contributed by atoms with van der Waals surface area (Å²) in [5.41, 5.74) is 6.82. The number of aliphatic hydroxyl groups excluding tert-OH is 1. The molecule has 0 atom stereocenters. The molecule has 1 radical (unpaired) electrons. The van der Waals surface area contributed by atoms with Gasteiger partial charge < -0.3 is 9.52 Å². The Balaban J connectivity index is 0.000000260. The number of carbonyl (C=O) groups is 1. The molecule has 0 saturated carbocycles. The van der Waals surface area contributed by atoms with Gasteiger partial charge in [-0.1, -0.05) is 110 Å². The number of allylic oxidation sites excluding steroid dienone is 2. The van der Waals surface area contributed by atoms with E-state index in [4.69, 9.17) is 9.40 Å². The number of hydrogen-bond donors (Lipinski definition) is 1. The monoisotopic (exact) mass is 835 g/mol. The van der Waals surface area contributed by atoms with Crippen molar-refractivity contribution >= 4 is 49.3 Å². The number of aromatic nitrogens is 1. The molecule has 261 valence electrons. The summed E-state index contributed by atoms with van der Waals surface area (Å²) in [5.74, 6) is 0.286. The summed E-state index contributed by atoms with van der Waals surface area (Å²) in [4.78, 5) is 17.1. The van der Waals surface area contributed by atoms with E-state index in [-0.39, 0.29) is 47.9 Å². The minimum absolute atomic E-state index is 0. The maximum Gasteiger partial charge on any atom is 0.164 e. The Morgan fingerprint density at radius 3 is 2.06 bits per heavy atom. The first-order chi connectivity index (χ1) is 22.6. The van der Waals surface area contributed by atoms with Crippen molar-refractivity contribution < 1.29 is 34.4 Å². The number of ketones is 1. The first-order valence-electron chi connectivity index (χ1n) is 17.6. The van der Waals surface area contributed by atoms with Crippen LogP contribution in [0.1, 0.15) is 105 Å². The standard InChI is InChI=1S/C29H24NO.C15H28O2.Ir/c1-16-12-17(2)27-25-21(16)11-10-19-15-30-26(28(31-27)24(19)25)20-13-18-8-6-7-9-22(18)23(14-20)29(3,4)5;1-7-14(5,8-2)12(16)11-13(17)15(6,9-3)10-4;/h6-12,14-15H,1-5H3;11,16H,7-10H2,1-6H3;/q-1;;/b;12-11-;. The second-order valence-electron chi connectivity index (χ2n) is 15.2. The number of aryl methyl sites for hydroxylation is 2. The van der Waals surface area contributed by atoms with Crippen LogP contribution in [0, 0.1) is 30.7 Å². The number of rotatable bonds is 8.